The number of carbonyl (C=O) groups is 2. The van der Waals surface area contributed by atoms with Crippen LogP contribution in [0.15, 0.2) is 38.3 Å². The summed E-state index contributed by atoms with van der Waals surface area (Å²) in [5.74, 6) is -0.740. The average molecular weight is 338 g/mol. The van der Waals surface area contributed by atoms with Gasteiger partial charge in [-0.15, -0.1) is 6.58 Å². The van der Waals surface area contributed by atoms with Crippen LogP contribution in [0.5, 0.6) is 0 Å². The quantitative estimate of drug-likeness (QED) is 0.187. The highest BCUT2D eigenvalue weighted by Gasteiger charge is 2.14. The van der Waals surface area contributed by atoms with E-state index in [1.54, 1.807) is 6.08 Å². The monoisotopic (exact) mass is 338 g/mol. The summed E-state index contributed by atoms with van der Waals surface area (Å²) in [4.78, 5) is 21.2. The molecule has 0 spiro atoms. The van der Waals surface area contributed by atoms with Crippen molar-refractivity contribution in [2.75, 3.05) is 0 Å². The molecule has 0 aromatic heterocycles. The van der Waals surface area contributed by atoms with Crippen molar-refractivity contribution in [1.82, 2.24) is 0 Å². The largest absolute Gasteiger partial charge is 0.435 e. The molecule has 0 N–H and O–H groups in total. The first-order valence-electron chi connectivity index (χ1n) is 8.75. The van der Waals surface area contributed by atoms with Crippen LogP contribution in [0.4, 0.5) is 0 Å². The van der Waals surface area contributed by atoms with Gasteiger partial charge >= 0.3 is 11.9 Å². The lowest BCUT2D eigenvalue weighted by atomic mass is 10.00. The van der Waals surface area contributed by atoms with Crippen LogP contribution in [0.2, 0.25) is 0 Å². The van der Waals surface area contributed by atoms with Gasteiger partial charge in [0.05, 0.1) is 18.4 Å². The second kappa shape index (κ2) is 19.2. The van der Waals surface area contributed by atoms with Crippen LogP contribution >= 0.6 is 0 Å². The van der Waals surface area contributed by atoms with Crippen molar-refractivity contribution in [2.24, 2.45) is 5.92 Å². The predicted molar refractivity (Wildman–Crippen MR) is 99.2 cm³/mol. The van der Waals surface area contributed by atoms with E-state index in [9.17, 15) is 9.59 Å². The molecule has 0 aliphatic rings. The van der Waals surface area contributed by atoms with Gasteiger partial charge in [-0.3, -0.25) is 9.59 Å². The van der Waals surface area contributed by atoms with E-state index < -0.39 is 0 Å². The fraction of sp³-hybridized carbons (Fsp3) is 0.600. The summed E-state index contributed by atoms with van der Waals surface area (Å²) in [6.45, 7) is 13.8. The van der Waals surface area contributed by atoms with Gasteiger partial charge in [0.25, 0.3) is 0 Å². The maximum atomic E-state index is 11.4. The van der Waals surface area contributed by atoms with Crippen molar-refractivity contribution in [1.29, 1.82) is 0 Å². The Kier molecular flexibility index (Phi) is 19.5. The summed E-state index contributed by atoms with van der Waals surface area (Å²) in [6, 6.07) is 0. The molecular weight excluding hydrogens is 304 g/mol. The van der Waals surface area contributed by atoms with Gasteiger partial charge in [-0.2, -0.15) is 0 Å². The van der Waals surface area contributed by atoms with Crippen LogP contribution in [-0.4, -0.2) is 11.9 Å². The van der Waals surface area contributed by atoms with Gasteiger partial charge in [-0.1, -0.05) is 77.5 Å². The molecule has 0 saturated carbocycles. The van der Waals surface area contributed by atoms with Crippen molar-refractivity contribution in [3.05, 3.63) is 38.3 Å². The molecule has 0 amide bonds. The molecule has 0 aliphatic carbocycles. The number of hydrogen-bond donors (Lipinski definition) is 0. The first-order valence-corrected chi connectivity index (χ1v) is 8.75. The van der Waals surface area contributed by atoms with Gasteiger partial charge in [0.15, 0.2) is 0 Å². The predicted octanol–water partition coefficient (Wildman–Crippen LogP) is 5.70. The zero-order valence-corrected chi connectivity index (χ0v) is 15.4. The molecule has 0 aromatic rings. The second-order valence-corrected chi connectivity index (χ2v) is 5.49. The summed E-state index contributed by atoms with van der Waals surface area (Å²) in [5.41, 5.74) is 0. The van der Waals surface area contributed by atoms with Gasteiger partial charge < -0.3 is 9.47 Å². The molecule has 138 valence electrons. The second-order valence-electron chi connectivity index (χ2n) is 5.49. The van der Waals surface area contributed by atoms with Crippen LogP contribution in [0.3, 0.4) is 0 Å². The zero-order chi connectivity index (χ0) is 18.6. The summed E-state index contributed by atoms with van der Waals surface area (Å²) in [5, 5.41) is 0. The minimum Gasteiger partial charge on any atom is -0.435 e. The molecule has 0 bridgehead atoms. The Morgan fingerprint density at radius 2 is 1.38 bits per heavy atom. The first kappa shape index (κ1) is 24.4. The first-order chi connectivity index (χ1) is 11.5. The van der Waals surface area contributed by atoms with E-state index in [-0.39, 0.29) is 17.9 Å². The Morgan fingerprint density at radius 1 is 0.875 bits per heavy atom. The molecule has 0 aromatic carbocycles. The number of ether oxygens (including phenoxy) is 2. The Morgan fingerprint density at radius 3 is 1.75 bits per heavy atom. The van der Waals surface area contributed by atoms with Crippen molar-refractivity contribution in [3.8, 4) is 0 Å². The highest BCUT2D eigenvalue weighted by molar-refractivity contribution is 5.74. The van der Waals surface area contributed by atoms with Gasteiger partial charge in [0.1, 0.15) is 0 Å². The Balaban J connectivity index is 0. The number of hydrogen-bond acceptors (Lipinski definition) is 4. The highest BCUT2D eigenvalue weighted by Crippen LogP contribution is 2.15. The fourth-order valence-electron chi connectivity index (χ4n) is 2.12. The molecule has 0 saturated heterocycles. The van der Waals surface area contributed by atoms with Crippen LogP contribution in [0.25, 0.3) is 0 Å². The molecule has 1 unspecified atom stereocenters. The maximum absolute atomic E-state index is 11.4. The van der Waals surface area contributed by atoms with Gasteiger partial charge in [0.2, 0.25) is 0 Å². The van der Waals surface area contributed by atoms with Crippen molar-refractivity contribution in [3.63, 3.8) is 0 Å². The van der Waals surface area contributed by atoms with E-state index in [1.807, 2.05) is 0 Å². The van der Waals surface area contributed by atoms with Crippen molar-refractivity contribution < 1.29 is 19.1 Å². The molecule has 0 fully saturated rings. The maximum Gasteiger partial charge on any atom is 0.317 e. The molecule has 0 heterocycles. The van der Waals surface area contributed by atoms with E-state index >= 15 is 0 Å². The molecular formula is C20H34O4. The van der Waals surface area contributed by atoms with Gasteiger partial charge in [-0.05, 0) is 6.42 Å². The normalized spacial score (nSPS) is 10.6. The van der Waals surface area contributed by atoms with E-state index in [4.69, 9.17) is 4.74 Å². The lowest BCUT2D eigenvalue weighted by molar-refractivity contribution is -0.141. The summed E-state index contributed by atoms with van der Waals surface area (Å²) >= 11 is 0. The zero-order valence-electron chi connectivity index (χ0n) is 15.4. The molecule has 1 atom stereocenters. The minimum atomic E-state index is -0.329. The van der Waals surface area contributed by atoms with Crippen molar-refractivity contribution in [2.45, 2.75) is 71.6 Å². The average Bonchev–Trinajstić information content (AvgIpc) is 2.54. The Bertz CT molecular complexity index is 361. The third kappa shape index (κ3) is 18.2. The summed E-state index contributed by atoms with van der Waals surface area (Å²) < 4.78 is 8.94. The SMILES string of the molecule is C=COC(=O)C(C=C)CCCCCCCCCC.C=COC(C)=O. The molecule has 4 nitrogen and oxygen atoms in total. The lowest BCUT2D eigenvalue weighted by Crippen LogP contribution is -2.12. The number of unbranched alkanes of at least 4 members (excludes halogenated alkanes) is 7. The Labute approximate surface area is 147 Å². The van der Waals surface area contributed by atoms with Crippen LogP contribution in [0.1, 0.15) is 71.6 Å². The van der Waals surface area contributed by atoms with Gasteiger partial charge in [0, 0.05) is 6.92 Å². The van der Waals surface area contributed by atoms with E-state index in [1.165, 1.54) is 58.1 Å². The van der Waals surface area contributed by atoms with Crippen molar-refractivity contribution >= 4 is 11.9 Å². The number of esters is 2. The fourth-order valence-corrected chi connectivity index (χ4v) is 2.12. The Hall–Kier alpha value is -1.84. The molecule has 0 aliphatic heterocycles. The smallest absolute Gasteiger partial charge is 0.317 e. The molecule has 0 radical (unpaired) electrons. The summed E-state index contributed by atoms with van der Waals surface area (Å²) in [7, 11) is 0. The van der Waals surface area contributed by atoms with Crippen LogP contribution < -0.4 is 0 Å². The van der Waals surface area contributed by atoms with Crippen LogP contribution in [-0.2, 0) is 19.1 Å². The highest BCUT2D eigenvalue weighted by atomic mass is 16.5. The van der Waals surface area contributed by atoms with E-state index in [0.717, 1.165) is 19.1 Å². The lowest BCUT2D eigenvalue weighted by Gasteiger charge is -2.09. The van der Waals surface area contributed by atoms with E-state index in [0.29, 0.717) is 0 Å². The standard InChI is InChI=1S/C16H28O2.C4H6O2/c1-4-7-8-9-10-11-12-13-14-15(5-2)16(17)18-6-3;1-3-6-4(2)5/h5-6,15H,2-4,7-14H2,1H3;3H,1H2,2H3. The van der Waals surface area contributed by atoms with Gasteiger partial charge in [-0.25, -0.2) is 0 Å². The number of carbonyl (C=O) groups excluding carboxylic acids is 2. The topological polar surface area (TPSA) is 52.6 Å². The van der Waals surface area contributed by atoms with Crippen LogP contribution in [0, 0.1) is 5.92 Å². The molecule has 4 heteroatoms. The van der Waals surface area contributed by atoms with E-state index in [2.05, 4.69) is 31.4 Å². The summed E-state index contributed by atoms with van der Waals surface area (Å²) in [6.07, 6.45) is 15.0. The molecule has 24 heavy (non-hydrogen) atoms. The third-order valence-electron chi connectivity index (χ3n) is 3.40. The minimum absolute atomic E-state index is 0.178. The number of rotatable bonds is 13. The molecule has 0 rings (SSSR count). The third-order valence-corrected chi connectivity index (χ3v) is 3.40.